The molecule has 0 radical (unpaired) electrons. The summed E-state index contributed by atoms with van der Waals surface area (Å²) in [5.41, 5.74) is 11.4. The predicted molar refractivity (Wildman–Crippen MR) is 92.3 cm³/mol. The van der Waals surface area contributed by atoms with Gasteiger partial charge in [-0.15, -0.1) is 0 Å². The Morgan fingerprint density at radius 3 is 2.72 bits per heavy atom. The molecule has 1 rings (SSSR count). The SMILES string of the molecule is CCOC(=O)/C=C/COC(=O)[C@@H]1CCCN1C(=O)C(N)CCCCN. The predicted octanol–water partition coefficient (Wildman–Crippen LogP) is 0.0962. The molecule has 0 saturated carbocycles. The summed E-state index contributed by atoms with van der Waals surface area (Å²) in [6.45, 7) is 3.02. The zero-order valence-electron chi connectivity index (χ0n) is 14.8. The van der Waals surface area contributed by atoms with Gasteiger partial charge >= 0.3 is 11.9 Å². The molecule has 8 heteroatoms. The Hall–Kier alpha value is -1.93. The third kappa shape index (κ3) is 7.23. The van der Waals surface area contributed by atoms with Gasteiger partial charge in [-0.1, -0.05) is 6.42 Å². The molecule has 1 saturated heterocycles. The van der Waals surface area contributed by atoms with Crippen LogP contribution in [0.25, 0.3) is 0 Å². The summed E-state index contributed by atoms with van der Waals surface area (Å²) in [6, 6.07) is -1.23. The van der Waals surface area contributed by atoms with Crippen molar-refractivity contribution in [1.82, 2.24) is 4.90 Å². The number of esters is 2. The number of hydrogen-bond acceptors (Lipinski definition) is 7. The van der Waals surface area contributed by atoms with Gasteiger partial charge in [0.2, 0.25) is 5.91 Å². The first-order valence-corrected chi connectivity index (χ1v) is 8.77. The van der Waals surface area contributed by atoms with Gasteiger partial charge in [-0.2, -0.15) is 0 Å². The van der Waals surface area contributed by atoms with Crippen LogP contribution in [0.3, 0.4) is 0 Å². The molecule has 0 spiro atoms. The number of carbonyl (C=O) groups is 3. The standard InChI is InChI=1S/C17H29N3O5/c1-2-24-15(21)9-6-12-25-17(23)14-8-5-11-20(14)16(22)13(19)7-3-4-10-18/h6,9,13-14H,2-5,7-8,10-12,18-19H2,1H3/b9-6+/t13?,14-/m0/s1. The van der Waals surface area contributed by atoms with Crippen LogP contribution in [-0.4, -0.2) is 61.1 Å². The van der Waals surface area contributed by atoms with Gasteiger partial charge in [0.15, 0.2) is 0 Å². The lowest BCUT2D eigenvalue weighted by Gasteiger charge is -2.26. The van der Waals surface area contributed by atoms with E-state index in [1.807, 2.05) is 0 Å². The molecule has 1 aliphatic rings. The van der Waals surface area contributed by atoms with Gasteiger partial charge in [-0.3, -0.25) is 4.79 Å². The largest absolute Gasteiger partial charge is 0.463 e. The van der Waals surface area contributed by atoms with E-state index in [1.165, 1.54) is 17.1 Å². The van der Waals surface area contributed by atoms with Crippen molar-refractivity contribution in [2.45, 2.75) is 51.1 Å². The van der Waals surface area contributed by atoms with Crippen molar-refractivity contribution in [1.29, 1.82) is 0 Å². The minimum atomic E-state index is -0.622. The first kappa shape index (κ1) is 21.1. The molecule has 2 atom stereocenters. The van der Waals surface area contributed by atoms with Gasteiger partial charge in [0, 0.05) is 12.6 Å². The van der Waals surface area contributed by atoms with Crippen LogP contribution in [0.4, 0.5) is 0 Å². The molecule has 0 aliphatic carbocycles. The van der Waals surface area contributed by atoms with Gasteiger partial charge in [-0.25, -0.2) is 9.59 Å². The number of carbonyl (C=O) groups excluding carboxylic acids is 3. The highest BCUT2D eigenvalue weighted by Gasteiger charge is 2.36. The third-order valence-corrected chi connectivity index (χ3v) is 3.96. The van der Waals surface area contributed by atoms with Crippen LogP contribution in [0.1, 0.15) is 39.0 Å². The van der Waals surface area contributed by atoms with Crippen LogP contribution in [0, 0.1) is 0 Å². The van der Waals surface area contributed by atoms with E-state index in [4.69, 9.17) is 20.9 Å². The highest BCUT2D eigenvalue weighted by atomic mass is 16.5. The number of amides is 1. The van der Waals surface area contributed by atoms with Crippen LogP contribution in [0.5, 0.6) is 0 Å². The fourth-order valence-electron chi connectivity index (χ4n) is 2.68. The number of hydrogen-bond donors (Lipinski definition) is 2. The molecule has 8 nitrogen and oxygen atoms in total. The molecule has 1 aliphatic heterocycles. The molecule has 1 unspecified atom stereocenters. The average Bonchev–Trinajstić information content (AvgIpc) is 3.08. The Morgan fingerprint density at radius 1 is 1.28 bits per heavy atom. The average molecular weight is 355 g/mol. The van der Waals surface area contributed by atoms with Gasteiger partial charge < -0.3 is 25.8 Å². The van der Waals surface area contributed by atoms with E-state index in [9.17, 15) is 14.4 Å². The fraction of sp³-hybridized carbons (Fsp3) is 0.706. The van der Waals surface area contributed by atoms with Crippen LogP contribution in [0.2, 0.25) is 0 Å². The third-order valence-electron chi connectivity index (χ3n) is 3.96. The Kier molecular flexibility index (Phi) is 9.79. The van der Waals surface area contributed by atoms with Crippen molar-refractivity contribution in [2.75, 3.05) is 26.3 Å². The fourth-order valence-corrected chi connectivity index (χ4v) is 2.68. The highest BCUT2D eigenvalue weighted by Crippen LogP contribution is 2.20. The summed E-state index contributed by atoms with van der Waals surface area (Å²) in [6.07, 6.45) is 6.07. The van der Waals surface area contributed by atoms with Crippen molar-refractivity contribution in [3.8, 4) is 0 Å². The zero-order chi connectivity index (χ0) is 18.7. The Labute approximate surface area is 148 Å². The lowest BCUT2D eigenvalue weighted by atomic mass is 10.1. The van der Waals surface area contributed by atoms with Crippen molar-refractivity contribution in [2.24, 2.45) is 11.5 Å². The minimum absolute atomic E-state index is 0.0429. The summed E-state index contributed by atoms with van der Waals surface area (Å²) in [4.78, 5) is 37.3. The van der Waals surface area contributed by atoms with Crippen molar-refractivity contribution in [3.63, 3.8) is 0 Å². The monoisotopic (exact) mass is 355 g/mol. The second kappa shape index (κ2) is 11.6. The van der Waals surface area contributed by atoms with E-state index in [-0.39, 0.29) is 19.1 Å². The molecule has 25 heavy (non-hydrogen) atoms. The Morgan fingerprint density at radius 2 is 2.04 bits per heavy atom. The quantitative estimate of drug-likeness (QED) is 0.323. The number of rotatable bonds is 10. The topological polar surface area (TPSA) is 125 Å². The summed E-state index contributed by atoms with van der Waals surface area (Å²) >= 11 is 0. The lowest BCUT2D eigenvalue weighted by Crippen LogP contribution is -2.48. The summed E-state index contributed by atoms with van der Waals surface area (Å²) in [5, 5.41) is 0. The Bertz CT molecular complexity index is 481. The molecule has 0 aromatic rings. The molecule has 0 aromatic carbocycles. The van der Waals surface area contributed by atoms with E-state index in [0.717, 1.165) is 19.3 Å². The van der Waals surface area contributed by atoms with E-state index in [1.54, 1.807) is 6.92 Å². The van der Waals surface area contributed by atoms with E-state index < -0.39 is 24.0 Å². The molecule has 4 N–H and O–H groups in total. The molecule has 1 amide bonds. The van der Waals surface area contributed by atoms with Gasteiger partial charge in [0.25, 0.3) is 0 Å². The number of likely N-dealkylation sites (tertiary alicyclic amines) is 1. The molecule has 1 fully saturated rings. The molecular formula is C17H29N3O5. The summed E-state index contributed by atoms with van der Waals surface area (Å²) in [5.74, 6) is -1.19. The minimum Gasteiger partial charge on any atom is -0.463 e. The van der Waals surface area contributed by atoms with E-state index in [2.05, 4.69) is 0 Å². The molecule has 1 heterocycles. The van der Waals surface area contributed by atoms with Crippen LogP contribution >= 0.6 is 0 Å². The van der Waals surface area contributed by atoms with Gasteiger partial charge in [0.05, 0.1) is 12.6 Å². The summed E-state index contributed by atoms with van der Waals surface area (Å²) in [7, 11) is 0. The first-order chi connectivity index (χ1) is 12.0. The Balaban J connectivity index is 2.46. The lowest BCUT2D eigenvalue weighted by molar-refractivity contribution is -0.152. The highest BCUT2D eigenvalue weighted by molar-refractivity contribution is 5.88. The molecular weight excluding hydrogens is 326 g/mol. The molecule has 0 bridgehead atoms. The van der Waals surface area contributed by atoms with Crippen molar-refractivity contribution >= 4 is 17.8 Å². The van der Waals surface area contributed by atoms with Crippen molar-refractivity contribution < 1.29 is 23.9 Å². The second-order valence-electron chi connectivity index (χ2n) is 5.87. The maximum Gasteiger partial charge on any atom is 0.330 e. The summed E-state index contributed by atoms with van der Waals surface area (Å²) < 4.78 is 9.85. The van der Waals surface area contributed by atoms with Crippen LogP contribution < -0.4 is 11.5 Å². The maximum atomic E-state index is 12.4. The van der Waals surface area contributed by atoms with E-state index >= 15 is 0 Å². The first-order valence-electron chi connectivity index (χ1n) is 8.77. The number of nitrogens with zero attached hydrogens (tertiary/aromatic N) is 1. The maximum absolute atomic E-state index is 12.4. The number of ether oxygens (including phenoxy) is 2. The van der Waals surface area contributed by atoms with Crippen LogP contribution in [0.15, 0.2) is 12.2 Å². The van der Waals surface area contributed by atoms with Gasteiger partial charge in [0.1, 0.15) is 12.6 Å². The van der Waals surface area contributed by atoms with Crippen LogP contribution in [-0.2, 0) is 23.9 Å². The second-order valence-corrected chi connectivity index (χ2v) is 5.87. The zero-order valence-corrected chi connectivity index (χ0v) is 14.8. The number of unbranched alkanes of at least 4 members (excludes halogenated alkanes) is 1. The molecule has 0 aromatic heterocycles. The molecule has 142 valence electrons. The van der Waals surface area contributed by atoms with E-state index in [0.29, 0.717) is 25.9 Å². The van der Waals surface area contributed by atoms with Crippen molar-refractivity contribution in [3.05, 3.63) is 12.2 Å². The number of nitrogens with two attached hydrogens (primary N) is 2. The van der Waals surface area contributed by atoms with Gasteiger partial charge in [-0.05, 0) is 45.2 Å². The smallest absolute Gasteiger partial charge is 0.330 e. The normalized spacial score (nSPS) is 18.4.